The number of halogens is 2. The van der Waals surface area contributed by atoms with E-state index >= 15 is 0 Å². The number of amides is 1. The van der Waals surface area contributed by atoms with E-state index in [1.165, 1.54) is 24.3 Å². The number of carbonyl (C=O) groups excluding carboxylic acids is 1. The molecule has 1 aliphatic rings. The van der Waals surface area contributed by atoms with Gasteiger partial charge in [-0.2, -0.15) is 0 Å². The second kappa shape index (κ2) is 9.05. The fourth-order valence-corrected chi connectivity index (χ4v) is 3.17. The van der Waals surface area contributed by atoms with Gasteiger partial charge in [0.2, 0.25) is 5.91 Å². The largest absolute Gasteiger partial charge is 0.378 e. The number of ether oxygens (including phenoxy) is 1. The molecule has 146 valence electrons. The summed E-state index contributed by atoms with van der Waals surface area (Å²) in [6.07, 6.45) is 2.79. The fourth-order valence-electron chi connectivity index (χ4n) is 2.81. The summed E-state index contributed by atoms with van der Waals surface area (Å²) in [6.45, 7) is 2.67. The summed E-state index contributed by atoms with van der Waals surface area (Å²) in [6, 6.07) is 9.64. The smallest absolute Gasteiger partial charge is 0.288 e. The van der Waals surface area contributed by atoms with Gasteiger partial charge in [-0.15, -0.1) is 0 Å². The first-order valence-corrected chi connectivity index (χ1v) is 9.25. The van der Waals surface area contributed by atoms with Crippen LogP contribution in [0.15, 0.2) is 42.5 Å². The molecule has 0 radical (unpaired) electrons. The highest BCUT2D eigenvalue weighted by Crippen LogP contribution is 2.30. The summed E-state index contributed by atoms with van der Waals surface area (Å²) in [5.41, 5.74) is 1.72. The van der Waals surface area contributed by atoms with Gasteiger partial charge in [-0.25, -0.2) is 0 Å². The quantitative estimate of drug-likeness (QED) is 0.439. The van der Waals surface area contributed by atoms with Crippen molar-refractivity contribution in [3.8, 4) is 0 Å². The molecule has 28 heavy (non-hydrogen) atoms. The van der Waals surface area contributed by atoms with E-state index < -0.39 is 4.92 Å². The molecule has 3 rings (SSSR count). The molecule has 2 aromatic carbocycles. The van der Waals surface area contributed by atoms with E-state index in [9.17, 15) is 14.9 Å². The number of hydrogen-bond acceptors (Lipinski definition) is 5. The third kappa shape index (κ3) is 5.01. The average molecular weight is 422 g/mol. The minimum absolute atomic E-state index is 0.0423. The maximum absolute atomic E-state index is 12.4. The molecule has 0 aliphatic carbocycles. The maximum Gasteiger partial charge on any atom is 0.288 e. The van der Waals surface area contributed by atoms with Gasteiger partial charge in [-0.3, -0.25) is 14.9 Å². The lowest BCUT2D eigenvalue weighted by atomic mass is 10.2. The van der Waals surface area contributed by atoms with Gasteiger partial charge in [0.1, 0.15) is 5.02 Å². The van der Waals surface area contributed by atoms with E-state index in [2.05, 4.69) is 10.2 Å². The molecule has 1 heterocycles. The number of nitrogens with one attached hydrogen (secondary N) is 1. The normalized spacial score (nSPS) is 14.3. The van der Waals surface area contributed by atoms with Crippen LogP contribution < -0.4 is 10.2 Å². The SMILES string of the molecule is O=C(/C=C/c1ccc(Cl)c([N+](=O)[O-])c1)Nc1cc(Cl)ccc1N1CCOCC1. The van der Waals surface area contributed by atoms with Crippen molar-refractivity contribution in [1.82, 2.24) is 0 Å². The highest BCUT2D eigenvalue weighted by molar-refractivity contribution is 6.32. The van der Waals surface area contributed by atoms with Crippen LogP contribution in [-0.2, 0) is 9.53 Å². The third-order valence-corrected chi connectivity index (χ3v) is 4.72. The number of hydrogen-bond donors (Lipinski definition) is 1. The first-order chi connectivity index (χ1) is 13.4. The van der Waals surface area contributed by atoms with Gasteiger partial charge in [0.15, 0.2) is 0 Å². The van der Waals surface area contributed by atoms with Gasteiger partial charge < -0.3 is 15.0 Å². The number of nitrogens with zero attached hydrogens (tertiary/aromatic N) is 2. The lowest BCUT2D eigenvalue weighted by Crippen LogP contribution is -2.36. The van der Waals surface area contributed by atoms with Gasteiger partial charge in [-0.05, 0) is 35.9 Å². The number of nitro groups is 1. The monoisotopic (exact) mass is 421 g/mol. The standard InChI is InChI=1S/C19H17Cl2N3O4/c20-14-3-5-17(23-7-9-28-10-8-23)16(12-14)22-19(25)6-2-13-1-4-15(21)18(11-13)24(26)27/h1-6,11-12H,7-10H2,(H,22,25)/b6-2+. The van der Waals surface area contributed by atoms with E-state index in [1.807, 2.05) is 6.07 Å². The van der Waals surface area contributed by atoms with Crippen LogP contribution in [0.5, 0.6) is 0 Å². The predicted molar refractivity (Wildman–Crippen MR) is 110 cm³/mol. The Morgan fingerprint density at radius 1 is 1.18 bits per heavy atom. The van der Waals surface area contributed by atoms with Crippen molar-refractivity contribution < 1.29 is 14.5 Å². The maximum atomic E-state index is 12.4. The summed E-state index contributed by atoms with van der Waals surface area (Å²) < 4.78 is 5.36. The zero-order chi connectivity index (χ0) is 20.1. The van der Waals surface area contributed by atoms with E-state index in [-0.39, 0.29) is 16.6 Å². The second-order valence-electron chi connectivity index (χ2n) is 6.05. The highest BCUT2D eigenvalue weighted by Gasteiger charge is 2.16. The van der Waals surface area contributed by atoms with Crippen molar-refractivity contribution in [2.24, 2.45) is 0 Å². The molecule has 9 heteroatoms. The van der Waals surface area contributed by atoms with Crippen molar-refractivity contribution in [2.75, 3.05) is 36.5 Å². The average Bonchev–Trinajstić information content (AvgIpc) is 2.68. The Kier molecular flexibility index (Phi) is 6.51. The summed E-state index contributed by atoms with van der Waals surface area (Å²) in [4.78, 5) is 24.9. The van der Waals surface area contributed by atoms with Crippen LogP contribution in [0.1, 0.15) is 5.56 Å². The molecule has 0 spiro atoms. The zero-order valence-corrected chi connectivity index (χ0v) is 16.2. The lowest BCUT2D eigenvalue weighted by molar-refractivity contribution is -0.384. The molecule has 1 N–H and O–H groups in total. The predicted octanol–water partition coefficient (Wildman–Crippen LogP) is 4.39. The first-order valence-electron chi connectivity index (χ1n) is 8.49. The van der Waals surface area contributed by atoms with Gasteiger partial charge in [0, 0.05) is 30.3 Å². The Hall–Kier alpha value is -2.61. The van der Waals surface area contributed by atoms with Gasteiger partial charge in [-0.1, -0.05) is 29.3 Å². The highest BCUT2D eigenvalue weighted by atomic mass is 35.5. The number of rotatable bonds is 5. The van der Waals surface area contributed by atoms with Gasteiger partial charge in [0.25, 0.3) is 5.69 Å². The fraction of sp³-hybridized carbons (Fsp3) is 0.211. The van der Waals surface area contributed by atoms with Crippen LogP contribution in [0.4, 0.5) is 17.1 Å². The van der Waals surface area contributed by atoms with Crippen LogP contribution in [0.2, 0.25) is 10.0 Å². The van der Waals surface area contributed by atoms with Crippen molar-refractivity contribution in [1.29, 1.82) is 0 Å². The lowest BCUT2D eigenvalue weighted by Gasteiger charge is -2.30. The second-order valence-corrected chi connectivity index (χ2v) is 6.90. The molecule has 0 unspecified atom stereocenters. The number of benzene rings is 2. The molecule has 1 amide bonds. The summed E-state index contributed by atoms with van der Waals surface area (Å²) >= 11 is 11.9. The van der Waals surface area contributed by atoms with Crippen LogP contribution >= 0.6 is 23.2 Å². The number of nitro benzene ring substituents is 1. The van der Waals surface area contributed by atoms with E-state index in [0.29, 0.717) is 29.5 Å². The van der Waals surface area contributed by atoms with Gasteiger partial charge in [0.05, 0.1) is 29.5 Å². The summed E-state index contributed by atoms with van der Waals surface area (Å²) in [5, 5.41) is 14.3. The minimum atomic E-state index is -0.569. The van der Waals surface area contributed by atoms with Crippen LogP contribution in [0, 0.1) is 10.1 Å². The number of morpholine rings is 1. The van der Waals surface area contributed by atoms with Crippen molar-refractivity contribution in [3.05, 3.63) is 68.2 Å². The molecule has 0 atom stereocenters. The summed E-state index contributed by atoms with van der Waals surface area (Å²) in [7, 11) is 0. The zero-order valence-electron chi connectivity index (χ0n) is 14.7. The molecular weight excluding hydrogens is 405 g/mol. The Morgan fingerprint density at radius 2 is 1.93 bits per heavy atom. The Balaban J connectivity index is 1.76. The molecule has 1 fully saturated rings. The molecule has 1 aliphatic heterocycles. The van der Waals surface area contributed by atoms with Crippen LogP contribution in [-0.4, -0.2) is 37.1 Å². The van der Waals surface area contributed by atoms with E-state index in [4.69, 9.17) is 27.9 Å². The first kappa shape index (κ1) is 20.1. The number of anilines is 2. The Bertz CT molecular complexity index is 927. The minimum Gasteiger partial charge on any atom is -0.378 e. The van der Waals surface area contributed by atoms with Crippen LogP contribution in [0.3, 0.4) is 0 Å². The summed E-state index contributed by atoms with van der Waals surface area (Å²) in [5.74, 6) is -0.380. The van der Waals surface area contributed by atoms with Crippen molar-refractivity contribution in [2.45, 2.75) is 0 Å². The van der Waals surface area contributed by atoms with Crippen molar-refractivity contribution in [3.63, 3.8) is 0 Å². The van der Waals surface area contributed by atoms with E-state index in [1.54, 1.807) is 18.2 Å². The van der Waals surface area contributed by atoms with E-state index in [0.717, 1.165) is 18.8 Å². The Morgan fingerprint density at radius 3 is 2.64 bits per heavy atom. The van der Waals surface area contributed by atoms with Gasteiger partial charge >= 0.3 is 0 Å². The Labute approximate surface area is 171 Å². The molecule has 0 aromatic heterocycles. The molecule has 0 bridgehead atoms. The molecule has 1 saturated heterocycles. The molecule has 0 saturated carbocycles. The molecule has 2 aromatic rings. The topological polar surface area (TPSA) is 84.7 Å². The number of carbonyl (C=O) groups is 1. The van der Waals surface area contributed by atoms with Crippen molar-refractivity contribution >= 4 is 52.2 Å². The third-order valence-electron chi connectivity index (χ3n) is 4.16. The molecular formula is C19H17Cl2N3O4. The molecule has 7 nitrogen and oxygen atoms in total. The van der Waals surface area contributed by atoms with Crippen LogP contribution in [0.25, 0.3) is 6.08 Å².